The van der Waals surface area contributed by atoms with Crippen LogP contribution in [0.5, 0.6) is 0 Å². The lowest BCUT2D eigenvalue weighted by Crippen LogP contribution is -2.38. The van der Waals surface area contributed by atoms with Crippen molar-refractivity contribution in [1.29, 1.82) is 0 Å². The molecule has 1 heterocycles. The van der Waals surface area contributed by atoms with Crippen molar-refractivity contribution in [3.05, 3.63) is 35.1 Å². The fourth-order valence-electron chi connectivity index (χ4n) is 3.01. The molecule has 0 amide bonds. The lowest BCUT2D eigenvalue weighted by atomic mass is 9.91. The van der Waals surface area contributed by atoms with Gasteiger partial charge in [0.15, 0.2) is 0 Å². The number of piperidine rings is 1. The van der Waals surface area contributed by atoms with E-state index in [1.54, 1.807) is 6.07 Å². The second kappa shape index (κ2) is 5.70. The molecule has 1 aromatic rings. The van der Waals surface area contributed by atoms with Crippen LogP contribution in [-0.2, 0) is 6.54 Å². The molecule has 0 bridgehead atoms. The minimum atomic E-state index is -1.21. The van der Waals surface area contributed by atoms with Crippen molar-refractivity contribution >= 4 is 5.97 Å². The van der Waals surface area contributed by atoms with Gasteiger partial charge in [0, 0.05) is 19.6 Å². The van der Waals surface area contributed by atoms with Crippen LogP contribution in [0.4, 0.5) is 4.39 Å². The van der Waals surface area contributed by atoms with Crippen LogP contribution in [-0.4, -0.2) is 29.1 Å². The Morgan fingerprint density at radius 2 is 2.00 bits per heavy atom. The molecule has 1 aromatic carbocycles. The van der Waals surface area contributed by atoms with E-state index in [-0.39, 0.29) is 5.56 Å². The van der Waals surface area contributed by atoms with Gasteiger partial charge >= 0.3 is 5.97 Å². The van der Waals surface area contributed by atoms with Crippen LogP contribution in [0, 0.1) is 17.7 Å². The topological polar surface area (TPSA) is 40.5 Å². The van der Waals surface area contributed by atoms with Crippen LogP contribution < -0.4 is 0 Å². The first kappa shape index (κ1) is 14.0. The molecule has 2 unspecified atom stereocenters. The van der Waals surface area contributed by atoms with Gasteiger partial charge in [0.05, 0.1) is 5.56 Å². The summed E-state index contributed by atoms with van der Waals surface area (Å²) in [5.41, 5.74) is 0.621. The van der Waals surface area contributed by atoms with Crippen LogP contribution in [0.2, 0.25) is 0 Å². The van der Waals surface area contributed by atoms with E-state index in [0.717, 1.165) is 18.7 Å². The molecule has 0 aliphatic carbocycles. The molecule has 0 radical (unpaired) electrons. The largest absolute Gasteiger partial charge is 0.478 e. The summed E-state index contributed by atoms with van der Waals surface area (Å²) in [4.78, 5) is 13.2. The molecule has 4 heteroatoms. The number of rotatable bonds is 3. The molecule has 1 fully saturated rings. The summed E-state index contributed by atoms with van der Waals surface area (Å²) in [5, 5.41) is 8.93. The number of carboxylic acid groups (broad SMARTS) is 1. The zero-order valence-corrected chi connectivity index (χ0v) is 11.4. The second-order valence-corrected chi connectivity index (χ2v) is 5.76. The quantitative estimate of drug-likeness (QED) is 0.913. The van der Waals surface area contributed by atoms with E-state index in [0.29, 0.717) is 18.4 Å². The Morgan fingerprint density at radius 1 is 1.37 bits per heavy atom. The summed E-state index contributed by atoms with van der Waals surface area (Å²) >= 11 is 0. The average molecular weight is 265 g/mol. The molecule has 104 valence electrons. The van der Waals surface area contributed by atoms with Crippen molar-refractivity contribution < 1.29 is 14.3 Å². The van der Waals surface area contributed by atoms with E-state index >= 15 is 0 Å². The molecule has 0 saturated carbocycles. The average Bonchev–Trinajstić information content (AvgIpc) is 2.30. The van der Waals surface area contributed by atoms with E-state index in [1.165, 1.54) is 18.6 Å². The highest BCUT2D eigenvalue weighted by molar-refractivity contribution is 5.88. The molecule has 2 atom stereocenters. The number of carbonyl (C=O) groups is 1. The minimum Gasteiger partial charge on any atom is -0.478 e. The van der Waals surface area contributed by atoms with Gasteiger partial charge in [0.1, 0.15) is 5.82 Å². The van der Waals surface area contributed by atoms with Gasteiger partial charge in [0.25, 0.3) is 0 Å². The van der Waals surface area contributed by atoms with Gasteiger partial charge in [-0.2, -0.15) is 0 Å². The molecule has 1 aliphatic heterocycles. The molecular weight excluding hydrogens is 245 g/mol. The first-order chi connectivity index (χ1) is 8.95. The third-order valence-corrected chi connectivity index (χ3v) is 3.61. The van der Waals surface area contributed by atoms with Gasteiger partial charge in [-0.25, -0.2) is 9.18 Å². The molecule has 1 N–H and O–H groups in total. The highest BCUT2D eigenvalue weighted by Gasteiger charge is 2.22. The summed E-state index contributed by atoms with van der Waals surface area (Å²) in [6, 6.07) is 4.36. The summed E-state index contributed by atoms with van der Waals surface area (Å²) in [7, 11) is 0. The highest BCUT2D eigenvalue weighted by atomic mass is 19.1. The smallest absolute Gasteiger partial charge is 0.338 e. The standard InChI is InChI=1S/C15H20FNO2/c1-10-5-11(2)8-17(7-10)9-12-3-4-14(16)13(6-12)15(18)19/h3-4,6,10-11H,5,7-9H2,1-2H3,(H,18,19). The molecule has 0 aromatic heterocycles. The fourth-order valence-corrected chi connectivity index (χ4v) is 3.01. The van der Waals surface area contributed by atoms with E-state index in [9.17, 15) is 9.18 Å². The first-order valence-corrected chi connectivity index (χ1v) is 6.69. The monoisotopic (exact) mass is 265 g/mol. The predicted molar refractivity (Wildman–Crippen MR) is 71.6 cm³/mol. The number of hydrogen-bond donors (Lipinski definition) is 1. The first-order valence-electron chi connectivity index (χ1n) is 6.69. The molecule has 3 nitrogen and oxygen atoms in total. The second-order valence-electron chi connectivity index (χ2n) is 5.76. The summed E-state index contributed by atoms with van der Waals surface area (Å²) in [5.74, 6) is -0.567. The Kier molecular flexibility index (Phi) is 4.20. The van der Waals surface area contributed by atoms with Crippen LogP contribution in [0.1, 0.15) is 36.2 Å². The maximum absolute atomic E-state index is 13.3. The number of hydrogen-bond acceptors (Lipinski definition) is 2. The van der Waals surface area contributed by atoms with Gasteiger partial charge in [0.2, 0.25) is 0 Å². The number of halogens is 1. The van der Waals surface area contributed by atoms with Gasteiger partial charge in [-0.15, -0.1) is 0 Å². The van der Waals surface area contributed by atoms with Gasteiger partial charge < -0.3 is 5.11 Å². The van der Waals surface area contributed by atoms with Gasteiger partial charge in [-0.05, 0) is 36.0 Å². The van der Waals surface area contributed by atoms with Crippen molar-refractivity contribution in [2.45, 2.75) is 26.8 Å². The van der Waals surface area contributed by atoms with Crippen LogP contribution in [0.15, 0.2) is 18.2 Å². The molecule has 1 saturated heterocycles. The molecule has 19 heavy (non-hydrogen) atoms. The van der Waals surface area contributed by atoms with Crippen LogP contribution in [0.3, 0.4) is 0 Å². The number of carboxylic acids is 1. The lowest BCUT2D eigenvalue weighted by molar-refractivity contribution is 0.0691. The Balaban J connectivity index is 2.10. The third-order valence-electron chi connectivity index (χ3n) is 3.61. The van der Waals surface area contributed by atoms with E-state index in [2.05, 4.69) is 18.7 Å². The van der Waals surface area contributed by atoms with Crippen molar-refractivity contribution in [2.24, 2.45) is 11.8 Å². The molecule has 1 aliphatic rings. The Labute approximate surface area is 113 Å². The Bertz CT molecular complexity index is 465. The van der Waals surface area contributed by atoms with Gasteiger partial charge in [-0.1, -0.05) is 19.9 Å². The van der Waals surface area contributed by atoms with Crippen molar-refractivity contribution in [1.82, 2.24) is 4.90 Å². The molecular formula is C15H20FNO2. The third kappa shape index (κ3) is 3.53. The maximum atomic E-state index is 13.3. The van der Waals surface area contributed by atoms with Crippen molar-refractivity contribution in [2.75, 3.05) is 13.1 Å². The summed E-state index contributed by atoms with van der Waals surface area (Å²) in [6.45, 7) is 7.19. The lowest BCUT2D eigenvalue weighted by Gasteiger charge is -2.35. The van der Waals surface area contributed by atoms with E-state index in [4.69, 9.17) is 5.11 Å². The normalized spacial score (nSPS) is 24.4. The molecule has 0 spiro atoms. The number of likely N-dealkylation sites (tertiary alicyclic amines) is 1. The number of nitrogens with zero attached hydrogens (tertiary/aromatic N) is 1. The summed E-state index contributed by atoms with van der Waals surface area (Å²) in [6.07, 6.45) is 1.24. The SMILES string of the molecule is CC1CC(C)CN(Cc2ccc(F)c(C(=O)O)c2)C1. The van der Waals surface area contributed by atoms with Crippen molar-refractivity contribution in [3.63, 3.8) is 0 Å². The zero-order chi connectivity index (χ0) is 14.0. The van der Waals surface area contributed by atoms with Crippen LogP contribution >= 0.6 is 0 Å². The summed E-state index contributed by atoms with van der Waals surface area (Å²) < 4.78 is 13.3. The van der Waals surface area contributed by atoms with Crippen molar-refractivity contribution in [3.8, 4) is 0 Å². The zero-order valence-electron chi connectivity index (χ0n) is 11.4. The highest BCUT2D eigenvalue weighted by Crippen LogP contribution is 2.23. The predicted octanol–water partition coefficient (Wildman–Crippen LogP) is 3.00. The Morgan fingerprint density at radius 3 is 2.58 bits per heavy atom. The Hall–Kier alpha value is -1.42. The number of aromatic carboxylic acids is 1. The maximum Gasteiger partial charge on any atom is 0.338 e. The minimum absolute atomic E-state index is 0.240. The fraction of sp³-hybridized carbons (Fsp3) is 0.533. The van der Waals surface area contributed by atoms with Gasteiger partial charge in [-0.3, -0.25) is 4.90 Å². The van der Waals surface area contributed by atoms with E-state index < -0.39 is 11.8 Å². The number of benzene rings is 1. The van der Waals surface area contributed by atoms with E-state index in [1.807, 2.05) is 0 Å². The molecule has 2 rings (SSSR count). The van der Waals surface area contributed by atoms with Crippen LogP contribution in [0.25, 0.3) is 0 Å².